The first-order valence-electron chi connectivity index (χ1n) is 9.35. The average Bonchev–Trinajstić information content (AvgIpc) is 2.69. The summed E-state index contributed by atoms with van der Waals surface area (Å²) in [7, 11) is -3.50. The van der Waals surface area contributed by atoms with Crippen molar-refractivity contribution in [1.29, 1.82) is 0 Å². The van der Waals surface area contributed by atoms with E-state index in [0.29, 0.717) is 16.9 Å². The lowest BCUT2D eigenvalue weighted by molar-refractivity contribution is 0.102. The monoisotopic (exact) mass is 486 g/mol. The number of carbonyl (C=O) groups is 1. The molecule has 0 aromatic heterocycles. The van der Waals surface area contributed by atoms with E-state index < -0.39 is 10.0 Å². The normalized spacial score (nSPS) is 11.2. The number of amides is 1. The lowest BCUT2D eigenvalue weighted by atomic mass is 10.1. The van der Waals surface area contributed by atoms with Crippen LogP contribution in [0.1, 0.15) is 27.0 Å². The van der Waals surface area contributed by atoms with Gasteiger partial charge in [-0.15, -0.1) is 0 Å². The fraction of sp³-hybridized carbons (Fsp3) is 0.174. The summed E-state index contributed by atoms with van der Waals surface area (Å²) in [6.07, 6.45) is 1.18. The zero-order valence-corrected chi connectivity index (χ0v) is 19.4. The summed E-state index contributed by atoms with van der Waals surface area (Å²) >= 11 is 3.44. The molecule has 3 aromatic rings. The van der Waals surface area contributed by atoms with E-state index in [1.807, 2.05) is 56.3 Å². The van der Waals surface area contributed by atoms with Crippen molar-refractivity contribution < 1.29 is 13.2 Å². The molecule has 5 nitrogen and oxygen atoms in total. The second kappa shape index (κ2) is 9.02. The summed E-state index contributed by atoms with van der Waals surface area (Å²) < 4.78 is 27.1. The molecule has 0 spiro atoms. The molecule has 0 aliphatic heterocycles. The first-order chi connectivity index (χ1) is 14.1. The van der Waals surface area contributed by atoms with E-state index in [1.165, 1.54) is 10.6 Å². The van der Waals surface area contributed by atoms with Crippen LogP contribution < -0.4 is 9.62 Å². The fourth-order valence-corrected chi connectivity index (χ4v) is 4.17. The number of nitrogens with one attached hydrogen (secondary N) is 1. The molecule has 30 heavy (non-hydrogen) atoms. The molecule has 1 amide bonds. The van der Waals surface area contributed by atoms with Crippen LogP contribution in [0.4, 0.5) is 11.4 Å². The number of halogens is 1. The maximum atomic E-state index is 12.6. The van der Waals surface area contributed by atoms with E-state index in [1.54, 1.807) is 24.3 Å². The number of sulfonamides is 1. The zero-order valence-electron chi connectivity index (χ0n) is 17.0. The predicted octanol–water partition coefficient (Wildman–Crippen LogP) is 5.28. The smallest absolute Gasteiger partial charge is 0.255 e. The van der Waals surface area contributed by atoms with Gasteiger partial charge in [0, 0.05) is 15.7 Å². The Balaban J connectivity index is 1.81. The summed E-state index contributed by atoms with van der Waals surface area (Å²) in [6, 6.07) is 19.8. The van der Waals surface area contributed by atoms with Gasteiger partial charge in [0.05, 0.1) is 18.5 Å². The van der Waals surface area contributed by atoms with Crippen molar-refractivity contribution in [2.45, 2.75) is 20.4 Å². The Hall–Kier alpha value is -2.64. The van der Waals surface area contributed by atoms with Crippen molar-refractivity contribution in [3.8, 4) is 0 Å². The minimum atomic E-state index is -3.50. The number of benzene rings is 3. The number of hydrogen-bond donors (Lipinski definition) is 1. The van der Waals surface area contributed by atoms with Crippen molar-refractivity contribution in [3.63, 3.8) is 0 Å². The highest BCUT2D eigenvalue weighted by Gasteiger charge is 2.19. The summed E-state index contributed by atoms with van der Waals surface area (Å²) in [4.78, 5) is 12.6. The number of carbonyl (C=O) groups excluding carboxylic acids is 1. The molecule has 156 valence electrons. The maximum Gasteiger partial charge on any atom is 0.255 e. The number of hydrogen-bond acceptors (Lipinski definition) is 3. The summed E-state index contributed by atoms with van der Waals surface area (Å²) in [5.41, 5.74) is 4.62. The van der Waals surface area contributed by atoms with Gasteiger partial charge < -0.3 is 5.32 Å². The number of nitrogens with zero attached hydrogens (tertiary/aromatic N) is 1. The van der Waals surface area contributed by atoms with Gasteiger partial charge in [-0.2, -0.15) is 0 Å². The third kappa shape index (κ3) is 5.29. The van der Waals surface area contributed by atoms with Crippen molar-refractivity contribution >= 4 is 43.2 Å². The Morgan fingerprint density at radius 3 is 2.23 bits per heavy atom. The molecule has 1 N–H and O–H groups in total. The van der Waals surface area contributed by atoms with E-state index >= 15 is 0 Å². The fourth-order valence-electron chi connectivity index (χ4n) is 3.05. The van der Waals surface area contributed by atoms with Crippen LogP contribution >= 0.6 is 15.9 Å². The van der Waals surface area contributed by atoms with Gasteiger partial charge in [0.25, 0.3) is 5.91 Å². The van der Waals surface area contributed by atoms with Gasteiger partial charge in [-0.25, -0.2) is 8.42 Å². The Bertz CT molecular complexity index is 1180. The lowest BCUT2D eigenvalue weighted by Crippen LogP contribution is -2.29. The summed E-state index contributed by atoms with van der Waals surface area (Å²) in [5, 5.41) is 2.86. The molecule has 0 unspecified atom stereocenters. The zero-order chi connectivity index (χ0) is 21.9. The highest BCUT2D eigenvalue weighted by Crippen LogP contribution is 2.24. The van der Waals surface area contributed by atoms with Gasteiger partial charge in [-0.3, -0.25) is 9.10 Å². The molecule has 0 radical (unpaired) electrons. The van der Waals surface area contributed by atoms with Crippen molar-refractivity contribution in [2.75, 3.05) is 15.9 Å². The predicted molar refractivity (Wildman–Crippen MR) is 125 cm³/mol. The standard InChI is InChI=1S/C23H23BrN2O3S/c1-16-6-4-5-7-19(16)15-26(30(3,28)29)21-11-8-18(9-12-21)23(27)25-20-10-13-22(24)17(2)14-20/h4-14H,15H2,1-3H3,(H,25,27). The molecule has 0 heterocycles. The summed E-state index contributed by atoms with van der Waals surface area (Å²) in [6.45, 7) is 4.13. The van der Waals surface area contributed by atoms with Crippen LogP contribution in [0.3, 0.4) is 0 Å². The summed E-state index contributed by atoms with van der Waals surface area (Å²) in [5.74, 6) is -0.256. The molecular formula is C23H23BrN2O3S. The number of anilines is 2. The minimum Gasteiger partial charge on any atom is -0.322 e. The Morgan fingerprint density at radius 1 is 0.967 bits per heavy atom. The topological polar surface area (TPSA) is 66.5 Å². The molecule has 0 atom stereocenters. The molecule has 7 heteroatoms. The van der Waals surface area contributed by atoms with Crippen LogP contribution in [-0.4, -0.2) is 20.6 Å². The highest BCUT2D eigenvalue weighted by atomic mass is 79.9. The molecular weight excluding hydrogens is 464 g/mol. The van der Waals surface area contributed by atoms with Crippen LogP contribution in [0.2, 0.25) is 0 Å². The van der Waals surface area contributed by atoms with Crippen LogP contribution in [0, 0.1) is 13.8 Å². The molecule has 3 rings (SSSR count). The minimum absolute atomic E-state index is 0.231. The molecule has 0 aliphatic rings. The number of aryl methyl sites for hydroxylation is 2. The Labute approximate surface area is 185 Å². The highest BCUT2D eigenvalue weighted by molar-refractivity contribution is 9.10. The molecule has 0 aliphatic carbocycles. The second-order valence-electron chi connectivity index (χ2n) is 7.16. The van der Waals surface area contributed by atoms with Gasteiger partial charge in [-0.1, -0.05) is 40.2 Å². The first kappa shape index (κ1) is 22.1. The van der Waals surface area contributed by atoms with Gasteiger partial charge in [0.2, 0.25) is 10.0 Å². The van der Waals surface area contributed by atoms with Crippen molar-refractivity contribution in [3.05, 3.63) is 93.5 Å². The van der Waals surface area contributed by atoms with Gasteiger partial charge in [0.1, 0.15) is 0 Å². The van der Waals surface area contributed by atoms with Crippen LogP contribution in [0.25, 0.3) is 0 Å². The van der Waals surface area contributed by atoms with Crippen LogP contribution in [0.5, 0.6) is 0 Å². The SMILES string of the molecule is Cc1cc(NC(=O)c2ccc(N(Cc3ccccc3C)S(C)(=O)=O)cc2)ccc1Br. The second-order valence-corrected chi connectivity index (χ2v) is 9.92. The average molecular weight is 487 g/mol. The Morgan fingerprint density at radius 2 is 1.63 bits per heavy atom. The molecule has 0 bridgehead atoms. The maximum absolute atomic E-state index is 12.6. The van der Waals surface area contributed by atoms with Crippen molar-refractivity contribution in [1.82, 2.24) is 0 Å². The van der Waals surface area contributed by atoms with Crippen LogP contribution in [0.15, 0.2) is 71.2 Å². The number of rotatable bonds is 6. The van der Waals surface area contributed by atoms with Gasteiger partial charge in [0.15, 0.2) is 0 Å². The van der Waals surface area contributed by atoms with E-state index in [0.717, 1.165) is 21.2 Å². The molecule has 0 fully saturated rings. The third-order valence-corrected chi connectivity index (χ3v) is 6.84. The van der Waals surface area contributed by atoms with Crippen LogP contribution in [-0.2, 0) is 16.6 Å². The first-order valence-corrected chi connectivity index (χ1v) is 12.0. The van der Waals surface area contributed by atoms with Crippen molar-refractivity contribution in [2.24, 2.45) is 0 Å². The van der Waals surface area contributed by atoms with E-state index in [2.05, 4.69) is 21.2 Å². The third-order valence-electron chi connectivity index (χ3n) is 4.81. The Kier molecular flexibility index (Phi) is 6.63. The molecule has 0 saturated heterocycles. The van der Waals surface area contributed by atoms with Gasteiger partial charge >= 0.3 is 0 Å². The molecule has 3 aromatic carbocycles. The lowest BCUT2D eigenvalue weighted by Gasteiger charge is -2.23. The van der Waals surface area contributed by atoms with E-state index in [4.69, 9.17) is 0 Å². The quantitative estimate of drug-likeness (QED) is 0.514. The van der Waals surface area contributed by atoms with E-state index in [-0.39, 0.29) is 12.5 Å². The van der Waals surface area contributed by atoms with E-state index in [9.17, 15) is 13.2 Å². The largest absolute Gasteiger partial charge is 0.322 e. The molecule has 0 saturated carbocycles. The van der Waals surface area contributed by atoms with Gasteiger partial charge in [-0.05, 0) is 73.0 Å².